The fourth-order valence-electron chi connectivity index (χ4n) is 4.66. The normalized spacial score (nSPS) is 18.9. The van der Waals surface area contributed by atoms with E-state index < -0.39 is 11.4 Å². The van der Waals surface area contributed by atoms with Crippen LogP contribution in [0.5, 0.6) is 0 Å². The van der Waals surface area contributed by atoms with Crippen LogP contribution in [0.25, 0.3) is 21.3 Å². The minimum Gasteiger partial charge on any atom is -0.598 e. The monoisotopic (exact) mass is 517 g/mol. The second kappa shape index (κ2) is 9.91. The maximum Gasteiger partial charge on any atom is 0.221 e. The van der Waals surface area contributed by atoms with Crippen LogP contribution in [0.4, 0.5) is 23.3 Å². The molecular weight excluding hydrogens is 486 g/mol. The maximum atomic E-state index is 11.8. The van der Waals surface area contributed by atoms with Crippen LogP contribution in [0, 0.1) is 6.92 Å². The minimum atomic E-state index is -0.923. The van der Waals surface area contributed by atoms with Gasteiger partial charge in [-0.2, -0.15) is 4.98 Å². The van der Waals surface area contributed by atoms with Crippen LogP contribution >= 0.6 is 11.3 Å². The summed E-state index contributed by atoms with van der Waals surface area (Å²) in [5.41, 5.74) is 21.6. The topological polar surface area (TPSA) is 159 Å². The lowest BCUT2D eigenvalue weighted by Crippen LogP contribution is -2.47. The lowest BCUT2D eigenvalue weighted by Gasteiger charge is -2.33. The van der Waals surface area contributed by atoms with E-state index in [1.54, 1.807) is 23.8 Å². The lowest BCUT2D eigenvalue weighted by atomic mass is 10.1. The minimum absolute atomic E-state index is 0.111. The van der Waals surface area contributed by atoms with E-state index in [1.807, 2.05) is 4.31 Å². The van der Waals surface area contributed by atoms with Gasteiger partial charge in [-0.1, -0.05) is 0 Å². The van der Waals surface area contributed by atoms with Crippen molar-refractivity contribution in [2.24, 2.45) is 0 Å². The molecule has 0 aliphatic carbocycles. The number of aromatic nitrogens is 3. The molecule has 3 aromatic heterocycles. The number of fused-ring (bicyclic) bond motifs is 1. The second-order valence-corrected chi connectivity index (χ2v) is 11.3. The highest BCUT2D eigenvalue weighted by atomic mass is 32.2. The van der Waals surface area contributed by atoms with Crippen molar-refractivity contribution in [3.05, 3.63) is 16.6 Å². The first-order valence-electron chi connectivity index (χ1n) is 11.6. The van der Waals surface area contributed by atoms with Crippen molar-refractivity contribution in [2.75, 3.05) is 80.8 Å². The molecule has 0 radical (unpaired) electrons. The number of ether oxygens (including phenoxy) is 1. The van der Waals surface area contributed by atoms with Gasteiger partial charge in [0.25, 0.3) is 0 Å². The summed E-state index contributed by atoms with van der Waals surface area (Å²) in [5.74, 6) is 1.25. The zero-order chi connectivity index (χ0) is 24.7. The predicted molar refractivity (Wildman–Crippen MR) is 143 cm³/mol. The zero-order valence-electron chi connectivity index (χ0n) is 20.0. The third-order valence-electron chi connectivity index (χ3n) is 6.66. The number of thiophene rings is 1. The van der Waals surface area contributed by atoms with E-state index in [1.165, 1.54) is 4.88 Å². The van der Waals surface area contributed by atoms with Crippen LogP contribution < -0.4 is 22.1 Å². The number of hydrogen-bond donors (Lipinski definition) is 3. The number of hydrogen-bond acceptors (Lipinski definition) is 12. The Hall–Kier alpha value is -2.42. The molecule has 1 atom stereocenters. The van der Waals surface area contributed by atoms with Crippen LogP contribution in [0.3, 0.4) is 0 Å². The molecule has 0 saturated carbocycles. The molecule has 2 fully saturated rings. The third-order valence-corrected chi connectivity index (χ3v) is 9.02. The highest BCUT2D eigenvalue weighted by Gasteiger charge is 2.27. The van der Waals surface area contributed by atoms with Gasteiger partial charge < -0.3 is 31.4 Å². The zero-order valence-corrected chi connectivity index (χ0v) is 21.6. The summed E-state index contributed by atoms with van der Waals surface area (Å²) in [6.07, 6.45) is 3.33. The molecule has 2 aliphatic rings. The SMILES string of the molecule is Cc1c(CN2CCN([S+](C)[O-])CC2)sc2c(N3CCOCC3)nc(-c3cnc(N)nc3N)c(N)c12. The fraction of sp³-hybridized carbons (Fsp3) is 0.500. The Kier molecular flexibility index (Phi) is 6.88. The van der Waals surface area contributed by atoms with Crippen molar-refractivity contribution >= 4 is 56.1 Å². The molecule has 2 aliphatic heterocycles. The molecule has 2 saturated heterocycles. The molecule has 0 amide bonds. The number of rotatable bonds is 5. The van der Waals surface area contributed by atoms with Gasteiger partial charge in [0.2, 0.25) is 5.95 Å². The fourth-order valence-corrected chi connectivity index (χ4v) is 6.72. The number of nitrogens with two attached hydrogens (primary N) is 3. The molecule has 1 unspecified atom stereocenters. The van der Waals surface area contributed by atoms with Crippen LogP contribution in [0.1, 0.15) is 10.4 Å². The molecule has 5 heterocycles. The second-order valence-electron chi connectivity index (χ2n) is 8.81. The maximum absolute atomic E-state index is 11.8. The van der Waals surface area contributed by atoms with E-state index in [9.17, 15) is 4.55 Å². The Labute approximate surface area is 211 Å². The molecule has 188 valence electrons. The highest BCUT2D eigenvalue weighted by molar-refractivity contribution is 7.88. The number of anilines is 4. The Morgan fingerprint density at radius 1 is 1.09 bits per heavy atom. The molecular formula is C22H31N9O2S2. The van der Waals surface area contributed by atoms with Crippen molar-refractivity contribution in [2.45, 2.75) is 13.5 Å². The highest BCUT2D eigenvalue weighted by Crippen LogP contribution is 2.44. The number of nitrogens with zero attached hydrogens (tertiary/aromatic N) is 6. The van der Waals surface area contributed by atoms with E-state index in [2.05, 4.69) is 26.7 Å². The lowest BCUT2D eigenvalue weighted by molar-refractivity contribution is 0.122. The first kappa shape index (κ1) is 24.3. The van der Waals surface area contributed by atoms with Crippen molar-refractivity contribution in [1.29, 1.82) is 0 Å². The molecule has 6 N–H and O–H groups in total. The van der Waals surface area contributed by atoms with E-state index in [4.69, 9.17) is 26.9 Å². The van der Waals surface area contributed by atoms with Crippen molar-refractivity contribution in [3.8, 4) is 11.3 Å². The van der Waals surface area contributed by atoms with E-state index in [0.29, 0.717) is 30.2 Å². The molecule has 5 rings (SSSR count). The summed E-state index contributed by atoms with van der Waals surface area (Å²) in [5, 5.41) is 1.00. The average Bonchev–Trinajstić information content (AvgIpc) is 3.17. The van der Waals surface area contributed by atoms with E-state index >= 15 is 0 Å². The molecule has 13 heteroatoms. The van der Waals surface area contributed by atoms with Gasteiger partial charge in [-0.05, 0) is 12.5 Å². The van der Waals surface area contributed by atoms with Gasteiger partial charge in [-0.25, -0.2) is 9.97 Å². The van der Waals surface area contributed by atoms with Crippen molar-refractivity contribution < 1.29 is 9.29 Å². The first-order valence-corrected chi connectivity index (χ1v) is 13.9. The molecule has 11 nitrogen and oxygen atoms in total. The summed E-state index contributed by atoms with van der Waals surface area (Å²) in [7, 11) is 0. The number of nitrogen functional groups attached to an aromatic ring is 3. The van der Waals surface area contributed by atoms with Gasteiger partial charge in [0, 0.05) is 60.5 Å². The quantitative estimate of drug-likeness (QED) is 0.415. The Morgan fingerprint density at radius 2 is 1.80 bits per heavy atom. The van der Waals surface area contributed by atoms with Crippen LogP contribution in [0.15, 0.2) is 6.20 Å². The van der Waals surface area contributed by atoms with Crippen LogP contribution in [-0.2, 0) is 22.6 Å². The summed E-state index contributed by atoms with van der Waals surface area (Å²) in [4.78, 5) is 19.2. The van der Waals surface area contributed by atoms with Gasteiger partial charge in [0.05, 0.1) is 42.3 Å². The smallest absolute Gasteiger partial charge is 0.221 e. The largest absolute Gasteiger partial charge is 0.598 e. The third kappa shape index (κ3) is 4.71. The summed E-state index contributed by atoms with van der Waals surface area (Å²) < 4.78 is 20.5. The Bertz CT molecular complexity index is 1220. The number of morpholine rings is 1. The van der Waals surface area contributed by atoms with Crippen molar-refractivity contribution in [3.63, 3.8) is 0 Å². The molecule has 0 aromatic carbocycles. The number of piperazine rings is 1. The van der Waals surface area contributed by atoms with Gasteiger partial charge in [-0.3, -0.25) is 4.90 Å². The number of pyridine rings is 1. The Balaban J connectivity index is 1.58. The first-order chi connectivity index (χ1) is 16.8. The standard InChI is InChI=1S/C22H31N9O2S2/c1-13-15(12-29-3-5-31(6-4-29)35(2)32)34-19-16(13)17(23)18(14-11-26-22(25)28-20(14)24)27-21(19)30-7-9-33-10-8-30/h11H,3-10,12,23H2,1-2H3,(H4,24,25,26,28). The predicted octanol–water partition coefficient (Wildman–Crippen LogP) is 1.06. The van der Waals surface area contributed by atoms with Crippen molar-refractivity contribution in [1.82, 2.24) is 24.2 Å². The van der Waals surface area contributed by atoms with Gasteiger partial charge in [0.15, 0.2) is 0 Å². The summed E-state index contributed by atoms with van der Waals surface area (Å²) in [6.45, 7) is 9.10. The van der Waals surface area contributed by atoms with E-state index in [0.717, 1.165) is 67.3 Å². The van der Waals surface area contributed by atoms with Crippen LogP contribution in [0.2, 0.25) is 0 Å². The Morgan fingerprint density at radius 3 is 2.46 bits per heavy atom. The molecule has 0 spiro atoms. The average molecular weight is 518 g/mol. The molecule has 0 bridgehead atoms. The summed E-state index contributed by atoms with van der Waals surface area (Å²) >= 11 is 0.823. The molecule has 3 aromatic rings. The number of aryl methyl sites for hydroxylation is 1. The van der Waals surface area contributed by atoms with Gasteiger partial charge in [0.1, 0.15) is 23.6 Å². The van der Waals surface area contributed by atoms with Crippen LogP contribution in [-0.4, -0.2) is 87.4 Å². The van der Waals surface area contributed by atoms with Gasteiger partial charge >= 0.3 is 0 Å². The molecule has 35 heavy (non-hydrogen) atoms. The van der Waals surface area contributed by atoms with Gasteiger partial charge in [-0.15, -0.1) is 15.6 Å². The van der Waals surface area contributed by atoms with E-state index in [-0.39, 0.29) is 11.8 Å². The summed E-state index contributed by atoms with van der Waals surface area (Å²) in [6, 6.07) is 0.